The lowest BCUT2D eigenvalue weighted by Crippen LogP contribution is -2.42. The van der Waals surface area contributed by atoms with E-state index in [1.165, 1.54) is 0 Å². The maximum Gasteiger partial charge on any atom is 0.419 e. The summed E-state index contributed by atoms with van der Waals surface area (Å²) in [6.07, 6.45) is -0.833. The van der Waals surface area contributed by atoms with Gasteiger partial charge in [-0.1, -0.05) is 11.2 Å². The summed E-state index contributed by atoms with van der Waals surface area (Å²) in [7, 11) is 3.97. The molecule has 1 aromatic heterocycles. The first-order valence-corrected chi connectivity index (χ1v) is 12.3. The van der Waals surface area contributed by atoms with Gasteiger partial charge in [-0.05, 0) is 77.8 Å². The average molecular weight is 513 g/mol. The van der Waals surface area contributed by atoms with E-state index < -0.39 is 29.6 Å². The Hall–Kier alpha value is -2.50. The monoisotopic (exact) mass is 512 g/mol. The molecule has 2 atom stereocenters. The number of aliphatic hydroxyl groups is 1. The summed E-state index contributed by atoms with van der Waals surface area (Å²) < 4.78 is 59.0. The van der Waals surface area contributed by atoms with Gasteiger partial charge in [-0.15, -0.1) is 0 Å². The molecule has 36 heavy (non-hydrogen) atoms. The van der Waals surface area contributed by atoms with E-state index in [1.54, 1.807) is 0 Å². The van der Waals surface area contributed by atoms with Gasteiger partial charge in [0.05, 0.1) is 11.7 Å². The molecular formula is C25H32F4N4O3. The van der Waals surface area contributed by atoms with Gasteiger partial charge >= 0.3 is 6.18 Å². The number of alkyl halides is 3. The van der Waals surface area contributed by atoms with E-state index in [0.717, 1.165) is 50.9 Å². The lowest BCUT2D eigenvalue weighted by molar-refractivity contribution is -0.139. The largest absolute Gasteiger partial charge is 0.419 e. The van der Waals surface area contributed by atoms with Gasteiger partial charge in [-0.3, -0.25) is 9.69 Å². The fraction of sp³-hybridized carbons (Fsp3) is 0.600. The van der Waals surface area contributed by atoms with Crippen LogP contribution < -0.4 is 5.32 Å². The number of benzene rings is 1. The lowest BCUT2D eigenvalue weighted by Gasteiger charge is -2.35. The predicted molar refractivity (Wildman–Crippen MR) is 125 cm³/mol. The van der Waals surface area contributed by atoms with Crippen molar-refractivity contribution in [3.05, 3.63) is 40.8 Å². The summed E-state index contributed by atoms with van der Waals surface area (Å²) in [6.45, 7) is 2.10. The molecular weight excluding hydrogens is 480 g/mol. The number of amides is 1. The third kappa shape index (κ3) is 6.07. The molecule has 7 nitrogen and oxygen atoms in total. The summed E-state index contributed by atoms with van der Waals surface area (Å²) in [6, 6.07) is 2.58. The van der Waals surface area contributed by atoms with Crippen LogP contribution in [0, 0.1) is 5.82 Å². The van der Waals surface area contributed by atoms with Crippen LogP contribution in [0.3, 0.4) is 0 Å². The van der Waals surface area contributed by atoms with Gasteiger partial charge in [0, 0.05) is 29.8 Å². The van der Waals surface area contributed by atoms with Crippen molar-refractivity contribution in [2.24, 2.45) is 0 Å². The number of carbonyl (C=O) groups excluding carboxylic acids is 1. The number of nitrogens with zero attached hydrogens (tertiary/aromatic N) is 3. The number of aromatic nitrogens is 1. The van der Waals surface area contributed by atoms with E-state index >= 15 is 0 Å². The van der Waals surface area contributed by atoms with Crippen molar-refractivity contribution >= 4 is 5.91 Å². The standard InChI is InChI=1S/C25H32F4N4O3/c1-32-10-8-17(9-11-32)33(2)14-19-22(24(35)30-16-4-3-5-18(34)13-16)31-36-23(19)15-6-7-20(21(26)12-15)25(27,28)29/h6-7,12,16-18,34H,3-5,8-11,13-14H2,1-2H3,(H,30,35)/t16-,18+/m0/s1. The lowest BCUT2D eigenvalue weighted by atomic mass is 9.93. The van der Waals surface area contributed by atoms with Crippen LogP contribution in [0.15, 0.2) is 22.7 Å². The zero-order valence-electron chi connectivity index (χ0n) is 20.4. The van der Waals surface area contributed by atoms with Gasteiger partial charge in [-0.25, -0.2) is 4.39 Å². The highest BCUT2D eigenvalue weighted by atomic mass is 19.4. The average Bonchev–Trinajstić information content (AvgIpc) is 3.22. The molecule has 2 fully saturated rings. The molecule has 1 aliphatic heterocycles. The van der Waals surface area contributed by atoms with Gasteiger partial charge in [0.2, 0.25) is 0 Å². The van der Waals surface area contributed by atoms with E-state index in [9.17, 15) is 27.5 Å². The third-order valence-corrected chi connectivity index (χ3v) is 7.24. The van der Waals surface area contributed by atoms with Gasteiger partial charge in [-0.2, -0.15) is 13.2 Å². The molecule has 1 aromatic carbocycles. The molecule has 0 bridgehead atoms. The summed E-state index contributed by atoms with van der Waals surface area (Å²) in [5.41, 5.74) is -0.883. The number of hydrogen-bond acceptors (Lipinski definition) is 6. The van der Waals surface area contributed by atoms with Crippen molar-refractivity contribution in [3.8, 4) is 11.3 Å². The Morgan fingerprint density at radius 2 is 1.97 bits per heavy atom. The minimum absolute atomic E-state index is 0.0187. The Balaban J connectivity index is 1.64. The number of halogens is 4. The molecule has 2 N–H and O–H groups in total. The molecule has 2 aromatic rings. The van der Waals surface area contributed by atoms with Crippen molar-refractivity contribution in [2.75, 3.05) is 27.2 Å². The zero-order valence-corrected chi connectivity index (χ0v) is 20.4. The molecule has 1 saturated carbocycles. The fourth-order valence-corrected chi connectivity index (χ4v) is 5.11. The molecule has 2 aliphatic rings. The maximum absolute atomic E-state index is 14.4. The second kappa shape index (κ2) is 10.9. The number of likely N-dealkylation sites (tertiary alicyclic amines) is 1. The van der Waals surface area contributed by atoms with Crippen molar-refractivity contribution < 1.29 is 32.0 Å². The molecule has 1 amide bonds. The topological polar surface area (TPSA) is 81.8 Å². The summed E-state index contributed by atoms with van der Waals surface area (Å²) in [4.78, 5) is 17.5. The number of nitrogens with one attached hydrogen (secondary N) is 1. The van der Waals surface area contributed by atoms with E-state index in [1.807, 2.05) is 7.05 Å². The molecule has 1 saturated heterocycles. The first-order valence-electron chi connectivity index (χ1n) is 12.3. The second-order valence-corrected chi connectivity index (χ2v) is 9.97. The van der Waals surface area contributed by atoms with Crippen LogP contribution in [0.4, 0.5) is 17.6 Å². The Morgan fingerprint density at radius 3 is 2.61 bits per heavy atom. The molecule has 0 radical (unpaired) electrons. The van der Waals surface area contributed by atoms with Crippen molar-refractivity contribution in [1.29, 1.82) is 0 Å². The van der Waals surface area contributed by atoms with Crippen LogP contribution in [0.25, 0.3) is 11.3 Å². The molecule has 198 valence electrons. The third-order valence-electron chi connectivity index (χ3n) is 7.24. The molecule has 1 aliphatic carbocycles. The zero-order chi connectivity index (χ0) is 26.0. The highest BCUT2D eigenvalue weighted by Gasteiger charge is 2.35. The minimum Gasteiger partial charge on any atom is -0.393 e. The van der Waals surface area contributed by atoms with Crippen LogP contribution in [-0.4, -0.2) is 71.3 Å². The van der Waals surface area contributed by atoms with Gasteiger partial charge in [0.25, 0.3) is 5.91 Å². The van der Waals surface area contributed by atoms with Crippen molar-refractivity contribution in [3.63, 3.8) is 0 Å². The van der Waals surface area contributed by atoms with Crippen LogP contribution in [0.2, 0.25) is 0 Å². The molecule has 2 heterocycles. The van der Waals surface area contributed by atoms with Crippen molar-refractivity contribution in [1.82, 2.24) is 20.3 Å². The summed E-state index contributed by atoms with van der Waals surface area (Å²) in [5, 5.41) is 16.8. The van der Waals surface area contributed by atoms with Crippen molar-refractivity contribution in [2.45, 2.75) is 69.4 Å². The SMILES string of the molecule is CN1CCC(N(C)Cc2c(C(=O)N[C@H]3CCC[C@@H](O)C3)noc2-c2ccc(C(F)(F)F)c(F)c2)CC1. The number of piperidine rings is 1. The Labute approximate surface area is 207 Å². The number of aliphatic hydroxyl groups excluding tert-OH is 1. The van der Waals surface area contributed by atoms with Gasteiger partial charge in [0.15, 0.2) is 11.5 Å². The number of rotatable bonds is 6. The molecule has 0 spiro atoms. The fourth-order valence-electron chi connectivity index (χ4n) is 5.11. The van der Waals surface area contributed by atoms with E-state index in [2.05, 4.69) is 27.3 Å². The Bertz CT molecular complexity index is 1070. The van der Waals surface area contributed by atoms with Gasteiger partial charge in [0.1, 0.15) is 5.82 Å². The summed E-state index contributed by atoms with van der Waals surface area (Å²) >= 11 is 0. The smallest absolute Gasteiger partial charge is 0.393 e. The van der Waals surface area contributed by atoms with E-state index in [0.29, 0.717) is 24.5 Å². The van der Waals surface area contributed by atoms with Gasteiger partial charge < -0.3 is 19.8 Å². The second-order valence-electron chi connectivity index (χ2n) is 9.97. The maximum atomic E-state index is 14.4. The molecule has 11 heteroatoms. The summed E-state index contributed by atoms with van der Waals surface area (Å²) in [5.74, 6) is -1.84. The quantitative estimate of drug-likeness (QED) is 0.569. The first-order chi connectivity index (χ1) is 17.0. The number of carbonyl (C=O) groups is 1. The Kier molecular flexibility index (Phi) is 8.01. The minimum atomic E-state index is -4.82. The van der Waals surface area contributed by atoms with Crippen LogP contribution in [-0.2, 0) is 12.7 Å². The Morgan fingerprint density at radius 1 is 1.25 bits per heavy atom. The number of hydrogen-bond donors (Lipinski definition) is 2. The first kappa shape index (κ1) is 26.6. The van der Waals surface area contributed by atoms with Crippen LogP contribution in [0.1, 0.15) is 60.1 Å². The van der Waals surface area contributed by atoms with Crippen LogP contribution in [0.5, 0.6) is 0 Å². The highest BCUT2D eigenvalue weighted by Crippen LogP contribution is 2.35. The predicted octanol–water partition coefficient (Wildman–Crippen LogP) is 4.06. The normalized spacial score (nSPS) is 22.2. The molecule has 0 unspecified atom stereocenters. The van der Waals surface area contributed by atoms with E-state index in [4.69, 9.17) is 4.52 Å². The highest BCUT2D eigenvalue weighted by molar-refractivity contribution is 5.95. The van der Waals surface area contributed by atoms with Crippen LogP contribution >= 0.6 is 0 Å². The van der Waals surface area contributed by atoms with E-state index in [-0.39, 0.29) is 35.6 Å². The molecule has 4 rings (SSSR count).